The molecule has 0 spiro atoms. The molecule has 0 saturated carbocycles. The third-order valence-corrected chi connectivity index (χ3v) is 11.2. The maximum atomic E-state index is 6.93. The summed E-state index contributed by atoms with van der Waals surface area (Å²) in [6.45, 7) is 8.51. The molecule has 258 valence electrons. The highest BCUT2D eigenvalue weighted by molar-refractivity contribution is 6.23. The van der Waals surface area contributed by atoms with Crippen LogP contribution in [0.1, 0.15) is 22.3 Å². The van der Waals surface area contributed by atoms with Crippen LogP contribution in [0.3, 0.4) is 0 Å². The molecule has 0 bridgehead atoms. The van der Waals surface area contributed by atoms with E-state index in [1.165, 1.54) is 44.5 Å². The second-order valence-corrected chi connectivity index (χ2v) is 14.9. The van der Waals surface area contributed by atoms with E-state index >= 15 is 0 Å². The number of hydrogen-bond acceptors (Lipinski definition) is 2. The molecule has 0 amide bonds. The van der Waals surface area contributed by atoms with E-state index in [0.29, 0.717) is 0 Å². The lowest BCUT2D eigenvalue weighted by Crippen LogP contribution is -1.94. The lowest BCUT2D eigenvalue weighted by Gasteiger charge is -2.10. The molecule has 11 aromatic rings. The molecule has 4 aromatic heterocycles. The molecule has 0 radical (unpaired) electrons. The summed E-state index contributed by atoms with van der Waals surface area (Å²) in [6, 6.07) is 52.8. The first-order valence-electron chi connectivity index (χ1n) is 18.6. The minimum atomic E-state index is 0.835. The summed E-state index contributed by atoms with van der Waals surface area (Å²) in [6.07, 6.45) is 0. The van der Waals surface area contributed by atoms with Gasteiger partial charge in [-0.3, -0.25) is 0 Å². The quantitative estimate of drug-likeness (QED) is 0.184. The minimum Gasteiger partial charge on any atom is -0.454 e. The number of aromatic nitrogens is 2. The number of hydrogen-bond donors (Lipinski definition) is 0. The van der Waals surface area contributed by atoms with Crippen LogP contribution in [0.4, 0.5) is 0 Å². The van der Waals surface area contributed by atoms with Crippen LogP contribution in [0.5, 0.6) is 0 Å². The first-order chi connectivity index (χ1) is 26.4. The van der Waals surface area contributed by atoms with Crippen LogP contribution in [0.15, 0.2) is 154 Å². The van der Waals surface area contributed by atoms with Crippen molar-refractivity contribution in [3.05, 3.63) is 168 Å². The van der Waals surface area contributed by atoms with E-state index in [9.17, 15) is 0 Å². The number of benzene rings is 7. The number of rotatable bonds is 4. The van der Waals surface area contributed by atoms with E-state index in [1.807, 2.05) is 0 Å². The highest BCUT2D eigenvalue weighted by Gasteiger charge is 2.25. The molecule has 54 heavy (non-hydrogen) atoms. The third kappa shape index (κ3) is 4.56. The number of aryl methyl sites for hydroxylation is 4. The zero-order valence-electron chi connectivity index (χ0n) is 30.6. The van der Waals surface area contributed by atoms with Gasteiger partial charge in [0.05, 0.1) is 11.0 Å². The highest BCUT2D eigenvalue weighted by Crippen LogP contribution is 2.45. The molecule has 0 aliphatic heterocycles. The molecular formula is C50H36N2O2. The second-order valence-electron chi connectivity index (χ2n) is 14.9. The SMILES string of the molecule is Cc1ccc(-c2ccc3c4oc5cc6c(cc5c4n(-c4ccc(C)cc4)c3c2)oc2c3ccc(-c4ccc(C)cc4)cc3n(-c3ccc(C)cc3)c62)cc1. The van der Waals surface area contributed by atoms with Gasteiger partial charge in [-0.15, -0.1) is 0 Å². The van der Waals surface area contributed by atoms with E-state index in [4.69, 9.17) is 8.83 Å². The Balaban J connectivity index is 1.20. The minimum absolute atomic E-state index is 0.835. The molecule has 0 aliphatic rings. The van der Waals surface area contributed by atoms with E-state index in [2.05, 4.69) is 182 Å². The van der Waals surface area contributed by atoms with E-state index < -0.39 is 0 Å². The molecule has 0 atom stereocenters. The summed E-state index contributed by atoms with van der Waals surface area (Å²) in [4.78, 5) is 0. The predicted octanol–water partition coefficient (Wildman–Crippen LogP) is 13.9. The van der Waals surface area contributed by atoms with Crippen molar-refractivity contribution in [1.29, 1.82) is 0 Å². The lowest BCUT2D eigenvalue weighted by atomic mass is 10.0. The number of nitrogens with zero attached hydrogens (tertiary/aromatic N) is 2. The topological polar surface area (TPSA) is 36.1 Å². The van der Waals surface area contributed by atoms with Crippen LogP contribution < -0.4 is 0 Å². The van der Waals surface area contributed by atoms with Crippen LogP contribution in [0.25, 0.3) is 99.6 Å². The van der Waals surface area contributed by atoms with Gasteiger partial charge < -0.3 is 18.0 Å². The van der Waals surface area contributed by atoms with Gasteiger partial charge >= 0.3 is 0 Å². The highest BCUT2D eigenvalue weighted by atomic mass is 16.3. The first kappa shape index (κ1) is 30.8. The third-order valence-electron chi connectivity index (χ3n) is 11.2. The van der Waals surface area contributed by atoms with Gasteiger partial charge in [-0.25, -0.2) is 0 Å². The van der Waals surface area contributed by atoms with Crippen LogP contribution in [0.2, 0.25) is 0 Å². The van der Waals surface area contributed by atoms with Gasteiger partial charge in [0.25, 0.3) is 0 Å². The Kier molecular flexibility index (Phi) is 6.48. The fourth-order valence-electron chi connectivity index (χ4n) is 8.30. The lowest BCUT2D eigenvalue weighted by molar-refractivity contribution is 0.668. The Hall–Kier alpha value is -6.78. The first-order valence-corrected chi connectivity index (χ1v) is 18.6. The average Bonchev–Trinajstić information content (AvgIpc) is 3.91. The summed E-state index contributed by atoms with van der Waals surface area (Å²) in [5.74, 6) is 0. The molecule has 11 rings (SSSR count). The van der Waals surface area contributed by atoms with Crippen molar-refractivity contribution in [1.82, 2.24) is 9.13 Å². The van der Waals surface area contributed by atoms with E-state index in [1.54, 1.807) is 0 Å². The number of furan rings is 2. The zero-order valence-corrected chi connectivity index (χ0v) is 30.6. The van der Waals surface area contributed by atoms with Gasteiger partial charge in [-0.1, -0.05) is 107 Å². The Labute approximate surface area is 312 Å². The smallest absolute Gasteiger partial charge is 0.161 e. The van der Waals surface area contributed by atoms with Crippen LogP contribution >= 0.6 is 0 Å². The van der Waals surface area contributed by atoms with Crippen molar-refractivity contribution in [2.75, 3.05) is 0 Å². The van der Waals surface area contributed by atoms with E-state index in [0.717, 1.165) is 77.3 Å². The van der Waals surface area contributed by atoms with Gasteiger partial charge in [0.15, 0.2) is 11.2 Å². The zero-order chi connectivity index (χ0) is 36.2. The molecule has 0 unspecified atom stereocenters. The Morgan fingerprint density at radius 2 is 0.667 bits per heavy atom. The molecule has 0 saturated heterocycles. The maximum Gasteiger partial charge on any atom is 0.161 e. The largest absolute Gasteiger partial charge is 0.454 e. The predicted molar refractivity (Wildman–Crippen MR) is 224 cm³/mol. The van der Waals surface area contributed by atoms with Gasteiger partial charge in [0, 0.05) is 32.9 Å². The van der Waals surface area contributed by atoms with Gasteiger partial charge in [0.2, 0.25) is 0 Å². The summed E-state index contributed by atoms with van der Waals surface area (Å²) >= 11 is 0. The standard InChI is InChI=1S/C50H36N2O2/c1-29-5-13-33(14-6-29)35-17-23-39-43(25-35)51(37-19-9-31(3)10-20-37)47-41-27-46-42(28-45(41)53-49(39)47)48-50(54-46)40-24-18-36(34-15-7-30(2)8-16-34)26-44(40)52(48)38-21-11-32(4)12-22-38/h5-28H,1-4H3. The summed E-state index contributed by atoms with van der Waals surface area (Å²) in [5.41, 5.74) is 19.6. The maximum absolute atomic E-state index is 6.93. The molecule has 0 aliphatic carbocycles. The van der Waals surface area contributed by atoms with E-state index in [-0.39, 0.29) is 0 Å². The summed E-state index contributed by atoms with van der Waals surface area (Å²) in [7, 11) is 0. The van der Waals surface area contributed by atoms with Crippen molar-refractivity contribution in [2.45, 2.75) is 27.7 Å². The van der Waals surface area contributed by atoms with Crippen molar-refractivity contribution in [3.8, 4) is 33.6 Å². The van der Waals surface area contributed by atoms with Crippen molar-refractivity contribution in [2.24, 2.45) is 0 Å². The molecule has 4 heteroatoms. The van der Waals surface area contributed by atoms with Crippen molar-refractivity contribution >= 4 is 65.9 Å². The van der Waals surface area contributed by atoms with Gasteiger partial charge in [-0.05, 0) is 111 Å². The summed E-state index contributed by atoms with van der Waals surface area (Å²) in [5, 5.41) is 4.21. The molecular weight excluding hydrogens is 661 g/mol. The monoisotopic (exact) mass is 696 g/mol. The molecule has 0 N–H and O–H groups in total. The average molecular weight is 697 g/mol. The fraction of sp³-hybridized carbons (Fsp3) is 0.0800. The van der Waals surface area contributed by atoms with Gasteiger partial charge in [0.1, 0.15) is 22.2 Å². The molecule has 4 heterocycles. The van der Waals surface area contributed by atoms with Crippen LogP contribution in [-0.2, 0) is 0 Å². The number of fused-ring (bicyclic) bond motifs is 10. The van der Waals surface area contributed by atoms with Gasteiger partial charge in [-0.2, -0.15) is 0 Å². The Bertz CT molecular complexity index is 3030. The molecule has 4 nitrogen and oxygen atoms in total. The van der Waals surface area contributed by atoms with Crippen LogP contribution in [-0.4, -0.2) is 9.13 Å². The molecule has 0 fully saturated rings. The van der Waals surface area contributed by atoms with Crippen molar-refractivity contribution in [3.63, 3.8) is 0 Å². The Morgan fingerprint density at radius 1 is 0.333 bits per heavy atom. The normalized spacial score (nSPS) is 12.1. The molecule has 7 aromatic carbocycles. The summed E-state index contributed by atoms with van der Waals surface area (Å²) < 4.78 is 18.6. The second kappa shape index (κ2) is 11.4. The fourth-order valence-corrected chi connectivity index (χ4v) is 8.30. The Morgan fingerprint density at radius 3 is 1.04 bits per heavy atom. The van der Waals surface area contributed by atoms with Crippen molar-refractivity contribution < 1.29 is 8.83 Å². The van der Waals surface area contributed by atoms with Crippen LogP contribution in [0, 0.1) is 27.7 Å².